The van der Waals surface area contributed by atoms with Crippen LogP contribution in [-0.4, -0.2) is 42.3 Å². The van der Waals surface area contributed by atoms with Gasteiger partial charge in [0.2, 0.25) is 5.76 Å². The third kappa shape index (κ3) is 3.16. The van der Waals surface area contributed by atoms with Gasteiger partial charge in [-0.05, 0) is 31.9 Å². The number of piperidine rings is 1. The van der Waals surface area contributed by atoms with E-state index in [9.17, 15) is 4.79 Å². The van der Waals surface area contributed by atoms with E-state index in [1.807, 2.05) is 6.92 Å². The summed E-state index contributed by atoms with van der Waals surface area (Å²) < 4.78 is 10.7. The number of carbonyl (C=O) groups is 1. The number of ether oxygens (including phenoxy) is 1. The van der Waals surface area contributed by atoms with Gasteiger partial charge in [0, 0.05) is 25.8 Å². The van der Waals surface area contributed by atoms with Gasteiger partial charge in [-0.1, -0.05) is 6.92 Å². The maximum atomic E-state index is 10.9. The first-order valence-electron chi connectivity index (χ1n) is 6.59. The molecule has 2 heterocycles. The number of likely N-dealkylation sites (tertiary alicyclic amines) is 1. The highest BCUT2D eigenvalue weighted by atomic mass is 16.5. The fourth-order valence-electron chi connectivity index (χ4n) is 2.57. The van der Waals surface area contributed by atoms with Gasteiger partial charge in [-0.25, -0.2) is 4.79 Å². The van der Waals surface area contributed by atoms with Crippen molar-refractivity contribution >= 4 is 5.97 Å². The molecule has 2 unspecified atom stereocenters. The van der Waals surface area contributed by atoms with Crippen LogP contribution in [0, 0.1) is 12.8 Å². The maximum absolute atomic E-state index is 10.9. The number of rotatable bonds is 4. The van der Waals surface area contributed by atoms with Crippen molar-refractivity contribution in [3.63, 3.8) is 0 Å². The summed E-state index contributed by atoms with van der Waals surface area (Å²) in [5, 5.41) is 8.92. The second kappa shape index (κ2) is 5.75. The number of nitrogens with zero attached hydrogens (tertiary/aromatic N) is 1. The number of hydrogen-bond donors (Lipinski definition) is 1. The fourth-order valence-corrected chi connectivity index (χ4v) is 2.57. The second-order valence-corrected chi connectivity index (χ2v) is 5.27. The third-order valence-corrected chi connectivity index (χ3v) is 3.90. The van der Waals surface area contributed by atoms with E-state index in [0.717, 1.165) is 31.6 Å². The molecule has 1 aliphatic rings. The Kier molecular flexibility index (Phi) is 4.27. The van der Waals surface area contributed by atoms with Crippen LogP contribution in [0.3, 0.4) is 0 Å². The number of aromatic carboxylic acids is 1. The Hall–Kier alpha value is -1.33. The summed E-state index contributed by atoms with van der Waals surface area (Å²) >= 11 is 0. The van der Waals surface area contributed by atoms with E-state index in [0.29, 0.717) is 11.7 Å². The van der Waals surface area contributed by atoms with Gasteiger partial charge in [0.25, 0.3) is 0 Å². The van der Waals surface area contributed by atoms with Crippen molar-refractivity contribution in [2.24, 2.45) is 5.92 Å². The van der Waals surface area contributed by atoms with Crippen LogP contribution in [0.2, 0.25) is 0 Å². The summed E-state index contributed by atoms with van der Waals surface area (Å²) in [7, 11) is 1.75. The minimum Gasteiger partial charge on any atom is -0.475 e. The Morgan fingerprint density at radius 2 is 2.37 bits per heavy atom. The Morgan fingerprint density at radius 3 is 2.95 bits per heavy atom. The van der Waals surface area contributed by atoms with Gasteiger partial charge in [-0.3, -0.25) is 4.90 Å². The summed E-state index contributed by atoms with van der Waals surface area (Å²) in [5.74, 6) is 0.254. The van der Waals surface area contributed by atoms with Crippen LogP contribution in [0.1, 0.15) is 35.2 Å². The molecule has 0 saturated carbocycles. The molecule has 0 aromatic carbocycles. The maximum Gasteiger partial charge on any atom is 0.371 e. The number of carboxylic acid groups (broad SMARTS) is 1. The van der Waals surface area contributed by atoms with E-state index >= 15 is 0 Å². The van der Waals surface area contributed by atoms with Gasteiger partial charge in [-0.15, -0.1) is 0 Å². The lowest BCUT2D eigenvalue weighted by Gasteiger charge is -2.36. The zero-order valence-corrected chi connectivity index (χ0v) is 11.7. The fraction of sp³-hybridized carbons (Fsp3) is 0.643. The van der Waals surface area contributed by atoms with Crippen molar-refractivity contribution in [3.8, 4) is 0 Å². The molecular weight excluding hydrogens is 246 g/mol. The average Bonchev–Trinajstić information content (AvgIpc) is 2.73. The minimum atomic E-state index is -1.02. The van der Waals surface area contributed by atoms with Crippen molar-refractivity contribution < 1.29 is 19.1 Å². The molecule has 0 bridgehead atoms. The SMILES string of the molecule is COC1CN(Cc2cc(C(=O)O)oc2C)CCC1C. The zero-order chi connectivity index (χ0) is 14.0. The summed E-state index contributed by atoms with van der Waals surface area (Å²) in [6, 6.07) is 1.62. The van der Waals surface area contributed by atoms with Crippen LogP contribution in [0.15, 0.2) is 10.5 Å². The molecule has 0 spiro atoms. The van der Waals surface area contributed by atoms with Gasteiger partial charge in [-0.2, -0.15) is 0 Å². The van der Waals surface area contributed by atoms with Crippen LogP contribution in [0.5, 0.6) is 0 Å². The van der Waals surface area contributed by atoms with E-state index in [1.54, 1.807) is 13.2 Å². The normalized spacial score (nSPS) is 24.6. The predicted molar refractivity (Wildman–Crippen MR) is 70.3 cm³/mol. The Bertz CT molecular complexity index is 454. The van der Waals surface area contributed by atoms with E-state index < -0.39 is 5.97 Å². The van der Waals surface area contributed by atoms with Crippen LogP contribution in [-0.2, 0) is 11.3 Å². The molecule has 1 aromatic rings. The first-order valence-corrected chi connectivity index (χ1v) is 6.59. The number of aryl methyl sites for hydroxylation is 1. The van der Waals surface area contributed by atoms with Gasteiger partial charge >= 0.3 is 5.97 Å². The highest BCUT2D eigenvalue weighted by Gasteiger charge is 2.26. The van der Waals surface area contributed by atoms with Crippen molar-refractivity contribution in [1.29, 1.82) is 0 Å². The summed E-state index contributed by atoms with van der Waals surface area (Å²) in [6.07, 6.45) is 1.35. The molecule has 1 aliphatic heterocycles. The van der Waals surface area contributed by atoms with Crippen molar-refractivity contribution in [1.82, 2.24) is 4.90 Å². The highest BCUT2D eigenvalue weighted by Crippen LogP contribution is 2.23. The summed E-state index contributed by atoms with van der Waals surface area (Å²) in [5.41, 5.74) is 0.946. The van der Waals surface area contributed by atoms with Gasteiger partial charge in [0.05, 0.1) is 6.10 Å². The second-order valence-electron chi connectivity index (χ2n) is 5.27. The smallest absolute Gasteiger partial charge is 0.371 e. The Labute approximate surface area is 113 Å². The molecule has 2 rings (SSSR count). The zero-order valence-electron chi connectivity index (χ0n) is 11.7. The quantitative estimate of drug-likeness (QED) is 0.905. The number of methoxy groups -OCH3 is 1. The molecule has 1 N–H and O–H groups in total. The van der Waals surface area contributed by atoms with Crippen LogP contribution >= 0.6 is 0 Å². The topological polar surface area (TPSA) is 62.9 Å². The molecule has 2 atom stereocenters. The first-order chi connectivity index (χ1) is 9.01. The molecule has 1 aromatic heterocycles. The molecule has 19 heavy (non-hydrogen) atoms. The lowest BCUT2D eigenvalue weighted by molar-refractivity contribution is -0.00755. The lowest BCUT2D eigenvalue weighted by atomic mass is 9.95. The van der Waals surface area contributed by atoms with E-state index in [4.69, 9.17) is 14.3 Å². The Morgan fingerprint density at radius 1 is 1.63 bits per heavy atom. The van der Waals surface area contributed by atoms with Crippen LogP contribution in [0.4, 0.5) is 0 Å². The van der Waals surface area contributed by atoms with Gasteiger partial charge < -0.3 is 14.3 Å². The van der Waals surface area contributed by atoms with E-state index in [2.05, 4.69) is 11.8 Å². The van der Waals surface area contributed by atoms with Crippen molar-refractivity contribution in [2.75, 3.05) is 20.2 Å². The lowest BCUT2D eigenvalue weighted by Crippen LogP contribution is -2.43. The Balaban J connectivity index is 2.03. The molecule has 1 saturated heterocycles. The molecule has 106 valence electrons. The number of hydrogen-bond acceptors (Lipinski definition) is 4. The standard InChI is InChI=1S/C14H21NO4/c1-9-4-5-15(8-13(9)18-3)7-11-6-12(14(16)17)19-10(11)2/h6,9,13H,4-5,7-8H2,1-3H3,(H,16,17). The molecular formula is C14H21NO4. The van der Waals surface area contributed by atoms with Crippen LogP contribution < -0.4 is 0 Å². The third-order valence-electron chi connectivity index (χ3n) is 3.90. The van der Waals surface area contributed by atoms with Crippen molar-refractivity contribution in [2.45, 2.75) is 32.9 Å². The number of carboxylic acids is 1. The van der Waals surface area contributed by atoms with E-state index in [-0.39, 0.29) is 11.9 Å². The van der Waals surface area contributed by atoms with E-state index in [1.165, 1.54) is 0 Å². The number of furan rings is 1. The van der Waals surface area contributed by atoms with Crippen molar-refractivity contribution in [3.05, 3.63) is 23.2 Å². The average molecular weight is 267 g/mol. The minimum absolute atomic E-state index is 0.0150. The molecule has 5 nitrogen and oxygen atoms in total. The molecule has 0 amide bonds. The molecule has 0 radical (unpaired) electrons. The molecule has 0 aliphatic carbocycles. The highest BCUT2D eigenvalue weighted by molar-refractivity contribution is 5.84. The monoisotopic (exact) mass is 267 g/mol. The predicted octanol–water partition coefficient (Wildman–Crippen LogP) is 2.14. The first kappa shape index (κ1) is 14.1. The molecule has 1 fully saturated rings. The van der Waals surface area contributed by atoms with Crippen LogP contribution in [0.25, 0.3) is 0 Å². The summed E-state index contributed by atoms with van der Waals surface area (Å²) in [4.78, 5) is 13.2. The largest absolute Gasteiger partial charge is 0.475 e. The van der Waals surface area contributed by atoms with Gasteiger partial charge in [0.15, 0.2) is 0 Å². The molecule has 5 heteroatoms. The summed E-state index contributed by atoms with van der Waals surface area (Å²) in [6.45, 7) is 6.62. The van der Waals surface area contributed by atoms with Gasteiger partial charge in [0.1, 0.15) is 5.76 Å².